The molecule has 5 aliphatic carbocycles. The van der Waals surface area contributed by atoms with Gasteiger partial charge in [-0.3, -0.25) is 9.59 Å². The molecule has 5 saturated carbocycles. The first-order chi connectivity index (χ1) is 20.7. The lowest BCUT2D eigenvalue weighted by molar-refractivity contribution is -0.129. The monoisotopic (exact) mass is 600 g/mol. The Morgan fingerprint density at radius 2 is 0.907 bits per heavy atom. The van der Waals surface area contributed by atoms with Crippen LogP contribution in [0.5, 0.6) is 0 Å². The van der Waals surface area contributed by atoms with Gasteiger partial charge in [0, 0.05) is 23.9 Å². The molecule has 0 aromatic carbocycles. The normalized spacial score (nSPS) is 39.6. The fourth-order valence-electron chi connectivity index (χ4n) is 9.68. The lowest BCUT2D eigenvalue weighted by Gasteiger charge is -2.47. The quantitative estimate of drug-likeness (QED) is 0.271. The molecule has 6 heteroatoms. The van der Waals surface area contributed by atoms with Crippen molar-refractivity contribution in [2.24, 2.45) is 29.1 Å². The molecule has 0 heterocycles. The van der Waals surface area contributed by atoms with Crippen molar-refractivity contribution < 1.29 is 19.1 Å². The number of hydrogen-bond acceptors (Lipinski definition) is 5. The molecule has 0 aliphatic heterocycles. The second kappa shape index (κ2) is 15.5. The van der Waals surface area contributed by atoms with Crippen LogP contribution in [-0.2, 0) is 19.1 Å². The standard InChI is InChI=1S/C37H64N2O4/c1-25(40)26-5-7-27(8-6-26)36(41)39-31-15-23-35(24-16-31)43-33-19-11-29(12-20-33)37(2,3)28-9-17-32(18-10-28)42-34-21-13-30(38-4)14-22-34/h26-35,38H,5-24H2,1-4H3,(H,39,41). The van der Waals surface area contributed by atoms with E-state index in [-0.39, 0.29) is 23.5 Å². The first kappa shape index (κ1) is 33.4. The van der Waals surface area contributed by atoms with Crippen LogP contribution in [0.2, 0.25) is 0 Å². The zero-order valence-electron chi connectivity index (χ0n) is 28.0. The van der Waals surface area contributed by atoms with Crippen molar-refractivity contribution >= 4 is 11.7 Å². The van der Waals surface area contributed by atoms with E-state index in [1.54, 1.807) is 6.92 Å². The Morgan fingerprint density at radius 1 is 0.535 bits per heavy atom. The maximum absolute atomic E-state index is 12.8. The summed E-state index contributed by atoms with van der Waals surface area (Å²) in [4.78, 5) is 24.5. The van der Waals surface area contributed by atoms with Crippen LogP contribution < -0.4 is 10.6 Å². The molecule has 0 aromatic heterocycles. The van der Waals surface area contributed by atoms with E-state index in [4.69, 9.17) is 9.47 Å². The lowest BCUT2D eigenvalue weighted by Crippen LogP contribution is -2.43. The average molecular weight is 601 g/mol. The summed E-state index contributed by atoms with van der Waals surface area (Å²) in [6.07, 6.45) is 24.6. The summed E-state index contributed by atoms with van der Waals surface area (Å²) >= 11 is 0. The third kappa shape index (κ3) is 9.06. The average Bonchev–Trinajstić information content (AvgIpc) is 3.03. The lowest BCUT2D eigenvalue weighted by atomic mass is 9.60. The van der Waals surface area contributed by atoms with E-state index < -0.39 is 0 Å². The second-order valence-corrected chi connectivity index (χ2v) is 15.9. The molecule has 1 amide bonds. The van der Waals surface area contributed by atoms with Crippen LogP contribution in [0.3, 0.4) is 0 Å². The highest BCUT2D eigenvalue weighted by molar-refractivity contribution is 5.81. The van der Waals surface area contributed by atoms with Gasteiger partial charge in [-0.2, -0.15) is 0 Å². The van der Waals surface area contributed by atoms with E-state index in [2.05, 4.69) is 31.5 Å². The number of ketones is 1. The maximum atomic E-state index is 12.8. The molecular weight excluding hydrogens is 536 g/mol. The molecule has 0 aromatic rings. The molecule has 2 N–H and O–H groups in total. The molecule has 0 atom stereocenters. The Bertz CT molecular complexity index is 867. The molecule has 0 saturated heterocycles. The van der Waals surface area contributed by atoms with Crippen LogP contribution in [0.25, 0.3) is 0 Å². The minimum atomic E-state index is 0.0978. The summed E-state index contributed by atoms with van der Waals surface area (Å²) in [5, 5.41) is 6.79. The van der Waals surface area contributed by atoms with Gasteiger partial charge >= 0.3 is 0 Å². The Hall–Kier alpha value is -0.980. The van der Waals surface area contributed by atoms with Crippen LogP contribution in [0.15, 0.2) is 0 Å². The van der Waals surface area contributed by atoms with E-state index in [1.807, 2.05) is 0 Å². The van der Waals surface area contributed by atoms with Crippen molar-refractivity contribution in [3.05, 3.63) is 0 Å². The highest BCUT2D eigenvalue weighted by Gasteiger charge is 2.41. The van der Waals surface area contributed by atoms with Crippen LogP contribution in [0, 0.1) is 29.1 Å². The number of nitrogens with one attached hydrogen (secondary N) is 2. The van der Waals surface area contributed by atoms with Crippen LogP contribution >= 0.6 is 0 Å². The van der Waals surface area contributed by atoms with Crippen molar-refractivity contribution in [3.63, 3.8) is 0 Å². The number of hydrogen-bond donors (Lipinski definition) is 2. The predicted molar refractivity (Wildman–Crippen MR) is 173 cm³/mol. The van der Waals surface area contributed by atoms with Gasteiger partial charge in [0.05, 0.1) is 24.4 Å². The zero-order valence-corrected chi connectivity index (χ0v) is 28.0. The molecule has 0 bridgehead atoms. The van der Waals surface area contributed by atoms with Crippen LogP contribution in [0.1, 0.15) is 149 Å². The number of ether oxygens (including phenoxy) is 2. The first-order valence-electron chi connectivity index (χ1n) is 18.5. The van der Waals surface area contributed by atoms with Gasteiger partial charge in [-0.15, -0.1) is 0 Å². The van der Waals surface area contributed by atoms with Gasteiger partial charge in [0.25, 0.3) is 0 Å². The summed E-state index contributed by atoms with van der Waals surface area (Å²) in [5.74, 6) is 2.42. The van der Waals surface area contributed by atoms with Gasteiger partial charge in [-0.05, 0) is 160 Å². The Morgan fingerprint density at radius 3 is 1.30 bits per heavy atom. The molecule has 5 rings (SSSR count). The third-order valence-electron chi connectivity index (χ3n) is 13.0. The van der Waals surface area contributed by atoms with Gasteiger partial charge in [0.2, 0.25) is 5.91 Å². The van der Waals surface area contributed by atoms with Crippen LogP contribution in [-0.4, -0.2) is 55.2 Å². The summed E-state index contributed by atoms with van der Waals surface area (Å²) in [7, 11) is 2.09. The molecule has 5 fully saturated rings. The van der Waals surface area contributed by atoms with Gasteiger partial charge in [-0.1, -0.05) is 13.8 Å². The van der Waals surface area contributed by atoms with Gasteiger partial charge in [0.1, 0.15) is 5.78 Å². The highest BCUT2D eigenvalue weighted by Crippen LogP contribution is 2.49. The first-order valence-corrected chi connectivity index (χ1v) is 18.5. The number of rotatable bonds is 10. The van der Waals surface area contributed by atoms with Gasteiger partial charge < -0.3 is 20.1 Å². The van der Waals surface area contributed by atoms with E-state index in [1.165, 1.54) is 77.0 Å². The predicted octanol–water partition coefficient (Wildman–Crippen LogP) is 7.52. The summed E-state index contributed by atoms with van der Waals surface area (Å²) < 4.78 is 13.3. The maximum Gasteiger partial charge on any atom is 0.223 e. The van der Waals surface area contributed by atoms with E-state index in [0.29, 0.717) is 41.9 Å². The second-order valence-electron chi connectivity index (χ2n) is 15.9. The molecular formula is C37H64N2O4. The SMILES string of the molecule is CNC1CCC(OC2CCC(C(C)(C)C3CCC(OC4CCC(NC(=O)C5CCC(C(C)=O)CC5)CC4)CC3)CC2)CC1. The molecule has 0 unspecified atom stereocenters. The van der Waals surface area contributed by atoms with Crippen molar-refractivity contribution in [2.45, 2.75) is 186 Å². The van der Waals surface area contributed by atoms with E-state index in [9.17, 15) is 9.59 Å². The number of carbonyl (C=O) groups excluding carboxylic acids is 2. The van der Waals surface area contributed by atoms with Crippen molar-refractivity contribution in [1.29, 1.82) is 0 Å². The molecule has 0 radical (unpaired) electrons. The van der Waals surface area contributed by atoms with Crippen molar-refractivity contribution in [1.82, 2.24) is 10.6 Å². The van der Waals surface area contributed by atoms with Crippen molar-refractivity contribution in [2.75, 3.05) is 7.05 Å². The van der Waals surface area contributed by atoms with Gasteiger partial charge in [0.15, 0.2) is 0 Å². The van der Waals surface area contributed by atoms with Crippen LogP contribution in [0.4, 0.5) is 0 Å². The minimum absolute atomic E-state index is 0.0978. The molecule has 0 spiro atoms. The Balaban J connectivity index is 0.955. The Labute approximate surface area is 262 Å². The molecule has 6 nitrogen and oxygen atoms in total. The molecule has 246 valence electrons. The zero-order chi connectivity index (χ0) is 30.4. The largest absolute Gasteiger partial charge is 0.375 e. The molecule has 5 aliphatic rings. The highest BCUT2D eigenvalue weighted by atomic mass is 16.5. The molecule has 43 heavy (non-hydrogen) atoms. The van der Waals surface area contributed by atoms with E-state index in [0.717, 1.165) is 63.2 Å². The van der Waals surface area contributed by atoms with Crippen molar-refractivity contribution in [3.8, 4) is 0 Å². The van der Waals surface area contributed by atoms with E-state index >= 15 is 0 Å². The summed E-state index contributed by atoms with van der Waals surface area (Å²) in [6, 6.07) is 0.991. The summed E-state index contributed by atoms with van der Waals surface area (Å²) in [5.41, 5.74) is 0.405. The summed E-state index contributed by atoms with van der Waals surface area (Å²) in [6.45, 7) is 6.82. The Kier molecular flexibility index (Phi) is 12.1. The third-order valence-corrected chi connectivity index (χ3v) is 13.0. The smallest absolute Gasteiger partial charge is 0.223 e. The number of carbonyl (C=O) groups is 2. The number of amides is 1. The fraction of sp³-hybridized carbons (Fsp3) is 0.946. The van der Waals surface area contributed by atoms with Gasteiger partial charge in [-0.25, -0.2) is 0 Å². The minimum Gasteiger partial charge on any atom is -0.375 e. The number of Topliss-reactive ketones (excluding diaryl/α,β-unsaturated/α-hetero) is 1. The topological polar surface area (TPSA) is 76.7 Å². The fourth-order valence-corrected chi connectivity index (χ4v) is 9.68.